The van der Waals surface area contributed by atoms with E-state index in [-0.39, 0.29) is 0 Å². The predicted molar refractivity (Wildman–Crippen MR) is 131 cm³/mol. The number of benzene rings is 2. The molecule has 0 saturated heterocycles. The third-order valence-electron chi connectivity index (χ3n) is 5.88. The second kappa shape index (κ2) is 10.8. The van der Waals surface area contributed by atoms with Gasteiger partial charge in [0.25, 0.3) is 0 Å². The highest BCUT2D eigenvalue weighted by Crippen LogP contribution is 2.37. The predicted octanol–water partition coefficient (Wildman–Crippen LogP) is 9.80. The largest absolute Gasteiger partial charge is 0.337 e. The quantitative estimate of drug-likeness (QED) is 0.228. The van der Waals surface area contributed by atoms with Gasteiger partial charge in [-0.05, 0) is 37.1 Å². The molecule has 0 amide bonds. The Kier molecular flexibility index (Phi) is 8.47. The van der Waals surface area contributed by atoms with Gasteiger partial charge in [-0.25, -0.2) is 0 Å². The normalized spacial score (nSPS) is 12.9. The Morgan fingerprint density at radius 2 is 1.18 bits per heavy atom. The van der Waals surface area contributed by atoms with E-state index in [1.807, 2.05) is 0 Å². The smallest absolute Gasteiger partial charge is 0.0505 e. The second-order valence-electron chi connectivity index (χ2n) is 8.05. The number of fused-ring (bicyclic) bond motifs is 3. The molecule has 0 spiro atoms. The molecule has 0 aliphatic heterocycles. The van der Waals surface area contributed by atoms with Gasteiger partial charge in [-0.2, -0.15) is 0 Å². The van der Waals surface area contributed by atoms with Crippen molar-refractivity contribution in [3.05, 3.63) is 45.3 Å². The van der Waals surface area contributed by atoms with Crippen LogP contribution in [0.4, 0.5) is 0 Å². The van der Waals surface area contributed by atoms with Crippen molar-refractivity contribution < 1.29 is 0 Å². The minimum atomic E-state index is 0.578. The van der Waals surface area contributed by atoms with Crippen LogP contribution in [-0.4, -0.2) is 4.57 Å². The maximum Gasteiger partial charge on any atom is 0.0505 e. The number of hydrogen-bond donors (Lipinski definition) is 0. The topological polar surface area (TPSA) is 4.93 Å². The molecular weight excluding hydrogens is 474 g/mol. The van der Waals surface area contributed by atoms with Crippen LogP contribution >= 0.6 is 31.9 Å². The summed E-state index contributed by atoms with van der Waals surface area (Å²) in [5.74, 6) is 0. The van der Waals surface area contributed by atoms with Crippen molar-refractivity contribution in [2.45, 2.75) is 84.1 Å². The van der Waals surface area contributed by atoms with E-state index in [4.69, 9.17) is 0 Å². The van der Waals surface area contributed by atoms with Gasteiger partial charge in [-0.15, -0.1) is 0 Å². The molecule has 0 aliphatic rings. The monoisotopic (exact) mass is 505 g/mol. The summed E-state index contributed by atoms with van der Waals surface area (Å²) < 4.78 is 4.97. The summed E-state index contributed by atoms with van der Waals surface area (Å²) in [7, 11) is 0. The van der Waals surface area contributed by atoms with Gasteiger partial charge < -0.3 is 4.57 Å². The first-order valence-electron chi connectivity index (χ1n) is 11.0. The lowest BCUT2D eigenvalue weighted by molar-refractivity contribution is 0.418. The van der Waals surface area contributed by atoms with Crippen molar-refractivity contribution in [2.24, 2.45) is 0 Å². The summed E-state index contributed by atoms with van der Waals surface area (Å²) in [6, 6.07) is 14.1. The molecule has 0 aliphatic carbocycles. The highest BCUT2D eigenvalue weighted by Gasteiger charge is 2.18. The summed E-state index contributed by atoms with van der Waals surface area (Å²) >= 11 is 7.41. The zero-order chi connectivity index (χ0) is 19.9. The first-order chi connectivity index (χ1) is 13.7. The minimum Gasteiger partial charge on any atom is -0.337 e. The standard InChI is InChI=1S/C25H33Br2N/c1-3-5-7-8-9-10-12-21(11-6-4-2)28-24-17-19(26)13-15-22(24)23-16-14-20(27)18-25(23)28/h13-18,21H,3-12H2,1-2H3/t21-/m1/s1. The Hall–Kier alpha value is -0.800. The maximum absolute atomic E-state index is 3.71. The van der Waals surface area contributed by atoms with E-state index < -0.39 is 0 Å². The summed E-state index contributed by atoms with van der Waals surface area (Å²) in [5.41, 5.74) is 2.74. The SMILES string of the molecule is CCCCCCCC[C@@H](CCCC)n1c2cc(Br)ccc2c2ccc(Br)cc21. The third-order valence-corrected chi connectivity index (χ3v) is 6.86. The van der Waals surface area contributed by atoms with Crippen molar-refractivity contribution in [1.82, 2.24) is 4.57 Å². The number of aromatic nitrogens is 1. The molecule has 3 aromatic rings. The highest BCUT2D eigenvalue weighted by atomic mass is 79.9. The number of nitrogens with zero attached hydrogens (tertiary/aromatic N) is 1. The van der Waals surface area contributed by atoms with Crippen LogP contribution in [0.25, 0.3) is 21.8 Å². The molecule has 0 bridgehead atoms. The summed E-state index contributed by atoms with van der Waals surface area (Å²) in [4.78, 5) is 0. The number of rotatable bonds is 11. The first-order valence-corrected chi connectivity index (χ1v) is 12.6. The fourth-order valence-corrected chi connectivity index (χ4v) is 5.09. The molecule has 152 valence electrons. The van der Waals surface area contributed by atoms with Crippen molar-refractivity contribution in [2.75, 3.05) is 0 Å². The fourth-order valence-electron chi connectivity index (χ4n) is 4.39. The highest BCUT2D eigenvalue weighted by molar-refractivity contribution is 9.10. The van der Waals surface area contributed by atoms with Crippen LogP contribution in [0.5, 0.6) is 0 Å². The summed E-state index contributed by atoms with van der Waals surface area (Å²) in [6.07, 6.45) is 13.3. The van der Waals surface area contributed by atoms with Gasteiger partial charge in [0, 0.05) is 25.8 Å². The molecule has 28 heavy (non-hydrogen) atoms. The minimum absolute atomic E-state index is 0.578. The van der Waals surface area contributed by atoms with Crippen molar-refractivity contribution in [3.63, 3.8) is 0 Å². The molecule has 1 atom stereocenters. The van der Waals surface area contributed by atoms with Gasteiger partial charge in [-0.3, -0.25) is 0 Å². The van der Waals surface area contributed by atoms with E-state index in [0.29, 0.717) is 6.04 Å². The molecule has 1 heterocycles. The zero-order valence-electron chi connectivity index (χ0n) is 17.3. The lowest BCUT2D eigenvalue weighted by Crippen LogP contribution is -2.09. The molecule has 0 radical (unpaired) electrons. The van der Waals surface area contributed by atoms with Gasteiger partial charge >= 0.3 is 0 Å². The Morgan fingerprint density at radius 1 is 0.679 bits per heavy atom. The Bertz CT molecular complexity index is 837. The van der Waals surface area contributed by atoms with Crippen LogP contribution in [0, 0.1) is 0 Å². The first kappa shape index (κ1) is 21.9. The summed E-state index contributed by atoms with van der Waals surface area (Å²) in [6.45, 7) is 4.60. The number of unbranched alkanes of at least 4 members (excludes halogenated alkanes) is 6. The molecule has 3 heteroatoms. The van der Waals surface area contributed by atoms with E-state index in [1.165, 1.54) is 86.0 Å². The van der Waals surface area contributed by atoms with Gasteiger partial charge in [0.2, 0.25) is 0 Å². The van der Waals surface area contributed by atoms with Gasteiger partial charge in [0.15, 0.2) is 0 Å². The van der Waals surface area contributed by atoms with Crippen molar-refractivity contribution >= 4 is 53.7 Å². The number of hydrogen-bond acceptors (Lipinski definition) is 0. The van der Waals surface area contributed by atoms with E-state index in [2.05, 4.69) is 86.7 Å². The molecule has 0 fully saturated rings. The van der Waals surface area contributed by atoms with E-state index in [0.717, 1.165) is 8.95 Å². The Labute approximate surface area is 187 Å². The number of halogens is 2. The lowest BCUT2D eigenvalue weighted by Gasteiger charge is -2.22. The van der Waals surface area contributed by atoms with Gasteiger partial charge in [0.05, 0.1) is 11.0 Å². The lowest BCUT2D eigenvalue weighted by atomic mass is 10.0. The molecule has 1 aromatic heterocycles. The third kappa shape index (κ3) is 5.21. The second-order valence-corrected chi connectivity index (χ2v) is 9.88. The average Bonchev–Trinajstić information content (AvgIpc) is 2.99. The van der Waals surface area contributed by atoms with Crippen LogP contribution in [0.3, 0.4) is 0 Å². The average molecular weight is 507 g/mol. The van der Waals surface area contributed by atoms with Crippen LogP contribution < -0.4 is 0 Å². The van der Waals surface area contributed by atoms with E-state index in [1.54, 1.807) is 0 Å². The van der Waals surface area contributed by atoms with Gasteiger partial charge in [-0.1, -0.05) is 109 Å². The summed E-state index contributed by atoms with van der Waals surface area (Å²) in [5, 5.41) is 2.74. The van der Waals surface area contributed by atoms with Crippen LogP contribution in [0.2, 0.25) is 0 Å². The molecule has 3 rings (SSSR count). The molecule has 0 saturated carbocycles. The van der Waals surface area contributed by atoms with Crippen LogP contribution in [-0.2, 0) is 0 Å². The van der Waals surface area contributed by atoms with Crippen LogP contribution in [0.15, 0.2) is 45.3 Å². The van der Waals surface area contributed by atoms with Gasteiger partial charge in [0.1, 0.15) is 0 Å². The molecule has 2 aromatic carbocycles. The van der Waals surface area contributed by atoms with Crippen LogP contribution in [0.1, 0.15) is 84.1 Å². The van der Waals surface area contributed by atoms with E-state index >= 15 is 0 Å². The van der Waals surface area contributed by atoms with Crippen molar-refractivity contribution in [1.29, 1.82) is 0 Å². The van der Waals surface area contributed by atoms with Crippen molar-refractivity contribution in [3.8, 4) is 0 Å². The molecule has 0 unspecified atom stereocenters. The molecular formula is C25H33Br2N. The zero-order valence-corrected chi connectivity index (χ0v) is 20.5. The molecule has 0 N–H and O–H groups in total. The van der Waals surface area contributed by atoms with E-state index in [9.17, 15) is 0 Å². The maximum atomic E-state index is 3.71. The fraction of sp³-hybridized carbons (Fsp3) is 0.520. The Balaban J connectivity index is 1.94. The Morgan fingerprint density at radius 3 is 1.75 bits per heavy atom. The molecule has 1 nitrogen and oxygen atoms in total.